The van der Waals surface area contributed by atoms with Gasteiger partial charge in [-0.15, -0.1) is 34.0 Å². The van der Waals surface area contributed by atoms with Crippen LogP contribution in [0.15, 0.2) is 42.0 Å². The van der Waals surface area contributed by atoms with Gasteiger partial charge in [-0.2, -0.15) is 0 Å². The number of hydrogen-bond donors (Lipinski definition) is 0. The predicted octanol–water partition coefficient (Wildman–Crippen LogP) is 7.81. The number of allylic oxidation sites excluding steroid dienone is 8. The molecule has 3 heteroatoms. The average Bonchev–Trinajstić information content (AvgIpc) is 3.26. The summed E-state index contributed by atoms with van der Waals surface area (Å²) < 4.78 is 3.88. The van der Waals surface area contributed by atoms with E-state index in [1.807, 2.05) is 17.7 Å². The van der Waals surface area contributed by atoms with Crippen LogP contribution < -0.4 is 0 Å². The Bertz CT molecular complexity index is 509. The summed E-state index contributed by atoms with van der Waals surface area (Å²) in [6.07, 6.45) is 27.3. The second-order valence-electron chi connectivity index (χ2n) is 7.88. The minimum absolute atomic E-state index is 0. The predicted molar refractivity (Wildman–Crippen MR) is 115 cm³/mol. The first-order chi connectivity index (χ1) is 11.4. The Morgan fingerprint density at radius 2 is 1.00 bits per heavy atom. The van der Waals surface area contributed by atoms with Crippen molar-refractivity contribution in [3.8, 4) is 0 Å². The van der Waals surface area contributed by atoms with Crippen LogP contribution in [0, 0.1) is 11.8 Å². The fourth-order valence-electron chi connectivity index (χ4n) is 5.07. The van der Waals surface area contributed by atoms with Crippen LogP contribution in [0.2, 0.25) is 0 Å². The molecular formula is C22H32Br2Zr. The van der Waals surface area contributed by atoms with E-state index in [1.54, 1.807) is 0 Å². The van der Waals surface area contributed by atoms with E-state index in [0.29, 0.717) is 0 Å². The van der Waals surface area contributed by atoms with Gasteiger partial charge in [0.25, 0.3) is 0 Å². The van der Waals surface area contributed by atoms with Crippen LogP contribution in [0.5, 0.6) is 0 Å². The fourth-order valence-corrected chi connectivity index (χ4v) is 9.16. The van der Waals surface area contributed by atoms with Crippen LogP contribution >= 0.6 is 34.0 Å². The van der Waals surface area contributed by atoms with Crippen molar-refractivity contribution in [1.29, 1.82) is 0 Å². The van der Waals surface area contributed by atoms with Crippen molar-refractivity contribution < 1.29 is 23.2 Å². The van der Waals surface area contributed by atoms with Crippen molar-refractivity contribution in [3.63, 3.8) is 0 Å². The van der Waals surface area contributed by atoms with Gasteiger partial charge in [-0.05, 0) is 0 Å². The Morgan fingerprint density at radius 3 is 1.40 bits per heavy atom. The molecule has 0 nitrogen and oxygen atoms in total. The molecule has 2 saturated carbocycles. The third-order valence-electron chi connectivity index (χ3n) is 6.33. The first-order valence-corrected chi connectivity index (χ1v) is 12.4. The quantitative estimate of drug-likeness (QED) is 0.337. The van der Waals surface area contributed by atoms with Gasteiger partial charge in [0.1, 0.15) is 0 Å². The Balaban J connectivity index is 0.00000113. The molecule has 0 spiro atoms. The zero-order chi connectivity index (χ0) is 15.5. The van der Waals surface area contributed by atoms with Crippen LogP contribution in [-0.4, -0.2) is 0 Å². The van der Waals surface area contributed by atoms with Gasteiger partial charge >= 0.3 is 154 Å². The maximum atomic E-state index is 2.52. The van der Waals surface area contributed by atoms with Crippen molar-refractivity contribution in [2.75, 3.05) is 0 Å². The molecule has 2 fully saturated rings. The molecular weight excluding hydrogens is 515 g/mol. The standard InChI is InChI=1S/2C11H15.2BrH.Zr/c2*1-2-6-10(7-3-1)11-8-4-5-9-11;;;/h2*4,8,10H,1-3,5-7H2;2*1H;. The first kappa shape index (κ1) is 22.1. The molecule has 0 amide bonds. The van der Waals surface area contributed by atoms with E-state index in [0.717, 1.165) is 11.8 Å². The van der Waals surface area contributed by atoms with Gasteiger partial charge in [-0.25, -0.2) is 0 Å². The topological polar surface area (TPSA) is 0 Å². The third-order valence-corrected chi connectivity index (χ3v) is 10.2. The van der Waals surface area contributed by atoms with Crippen molar-refractivity contribution >= 4 is 34.0 Å². The number of halogens is 2. The van der Waals surface area contributed by atoms with Gasteiger partial charge < -0.3 is 0 Å². The second-order valence-corrected chi connectivity index (χ2v) is 11.5. The molecule has 0 atom stereocenters. The maximum absolute atomic E-state index is 2.52. The van der Waals surface area contributed by atoms with Crippen molar-refractivity contribution in [2.45, 2.75) is 77.0 Å². The number of hydrogen-bond acceptors (Lipinski definition) is 0. The molecule has 138 valence electrons. The molecule has 0 unspecified atom stereocenters. The molecule has 0 N–H and O–H groups in total. The average molecular weight is 548 g/mol. The molecule has 4 aliphatic carbocycles. The van der Waals surface area contributed by atoms with Gasteiger partial charge in [-0.3, -0.25) is 0 Å². The zero-order valence-corrected chi connectivity index (χ0v) is 21.2. The normalized spacial score (nSPS) is 24.5. The Labute approximate surface area is 186 Å². The van der Waals surface area contributed by atoms with Crippen LogP contribution in [0.25, 0.3) is 0 Å². The van der Waals surface area contributed by atoms with Gasteiger partial charge in [0, 0.05) is 0 Å². The molecule has 0 heterocycles. The van der Waals surface area contributed by atoms with E-state index in [2.05, 4.69) is 24.3 Å². The monoisotopic (exact) mass is 544 g/mol. The fraction of sp³-hybridized carbons (Fsp3) is 0.636. The first-order valence-electron chi connectivity index (χ1n) is 9.98. The van der Waals surface area contributed by atoms with E-state index in [1.165, 1.54) is 77.0 Å². The summed E-state index contributed by atoms with van der Waals surface area (Å²) in [7, 11) is 0. The summed E-state index contributed by atoms with van der Waals surface area (Å²) in [4.78, 5) is 0. The Morgan fingerprint density at radius 1 is 0.600 bits per heavy atom. The van der Waals surface area contributed by atoms with Crippen molar-refractivity contribution in [1.82, 2.24) is 0 Å². The SMILES string of the molecule is Br.Br.C1=CC(C2CCCCC2)=[C]([Zr][C]2=C(C3CCCCC3)C=CC2)C1. The number of rotatable bonds is 4. The van der Waals surface area contributed by atoms with E-state index >= 15 is 0 Å². The van der Waals surface area contributed by atoms with Gasteiger partial charge in [0.2, 0.25) is 0 Å². The van der Waals surface area contributed by atoms with Crippen LogP contribution in [0.4, 0.5) is 0 Å². The summed E-state index contributed by atoms with van der Waals surface area (Å²) >= 11 is -0.514. The molecule has 4 rings (SSSR count). The molecule has 0 aromatic rings. The van der Waals surface area contributed by atoms with E-state index in [4.69, 9.17) is 0 Å². The molecule has 4 aliphatic rings. The second kappa shape index (κ2) is 11.0. The molecule has 0 aromatic carbocycles. The van der Waals surface area contributed by atoms with Crippen molar-refractivity contribution in [3.05, 3.63) is 42.0 Å². The molecule has 0 bridgehead atoms. The van der Waals surface area contributed by atoms with Gasteiger partial charge in [0.05, 0.1) is 0 Å². The summed E-state index contributed by atoms with van der Waals surface area (Å²) in [6, 6.07) is 0. The summed E-state index contributed by atoms with van der Waals surface area (Å²) in [5, 5.41) is 0. The van der Waals surface area contributed by atoms with Crippen LogP contribution in [-0.2, 0) is 23.2 Å². The Kier molecular flexibility index (Phi) is 9.69. The van der Waals surface area contributed by atoms with Crippen LogP contribution in [0.3, 0.4) is 0 Å². The van der Waals surface area contributed by atoms with Crippen LogP contribution in [0.1, 0.15) is 77.0 Å². The summed E-state index contributed by atoms with van der Waals surface area (Å²) in [5.41, 5.74) is 3.64. The molecule has 25 heavy (non-hydrogen) atoms. The van der Waals surface area contributed by atoms with Gasteiger partial charge in [0.15, 0.2) is 0 Å². The third kappa shape index (κ3) is 5.42. The molecule has 0 saturated heterocycles. The van der Waals surface area contributed by atoms with E-state index in [-0.39, 0.29) is 34.0 Å². The molecule has 0 aromatic heterocycles. The minimum atomic E-state index is -0.514. The van der Waals surface area contributed by atoms with Crippen molar-refractivity contribution in [2.24, 2.45) is 11.8 Å². The van der Waals surface area contributed by atoms with E-state index < -0.39 is 23.2 Å². The zero-order valence-electron chi connectivity index (χ0n) is 15.3. The van der Waals surface area contributed by atoms with E-state index in [9.17, 15) is 0 Å². The Hall–Kier alpha value is 0.803. The molecule has 0 radical (unpaired) electrons. The summed E-state index contributed by atoms with van der Waals surface area (Å²) in [5.74, 6) is 1.85. The summed E-state index contributed by atoms with van der Waals surface area (Å²) in [6.45, 7) is 0. The molecule has 0 aliphatic heterocycles. The van der Waals surface area contributed by atoms with Gasteiger partial charge in [-0.1, -0.05) is 0 Å².